The highest BCUT2D eigenvalue weighted by Crippen LogP contribution is 2.19. The van der Waals surface area contributed by atoms with Crippen molar-refractivity contribution in [2.45, 2.75) is 19.5 Å². The largest absolute Gasteiger partial charge is 0.398 e. The lowest BCUT2D eigenvalue weighted by Gasteiger charge is -2.13. The number of hydrogen-bond donors (Lipinski definition) is 2. The summed E-state index contributed by atoms with van der Waals surface area (Å²) in [5.74, 6) is 0. The predicted molar refractivity (Wildman–Crippen MR) is 70.4 cm³/mol. The predicted octanol–water partition coefficient (Wildman–Crippen LogP) is 3.18. The molecule has 2 rings (SSSR count). The van der Waals surface area contributed by atoms with Gasteiger partial charge in [0.05, 0.1) is 0 Å². The molecule has 3 N–H and O–H groups in total. The number of anilines is 1. The Balaban J connectivity index is 1.95. The van der Waals surface area contributed by atoms with Crippen LogP contribution in [0.1, 0.15) is 23.4 Å². The number of rotatable bonds is 4. The summed E-state index contributed by atoms with van der Waals surface area (Å²) in [5, 5.41) is 5.57. The lowest BCUT2D eigenvalue weighted by Crippen LogP contribution is -2.17. The van der Waals surface area contributed by atoms with Gasteiger partial charge in [0.2, 0.25) is 0 Å². The van der Waals surface area contributed by atoms with E-state index in [4.69, 9.17) is 5.73 Å². The SMILES string of the molecule is C[C@H](NCc1ccccc1N)c1cccs1. The maximum Gasteiger partial charge on any atom is 0.0388 e. The van der Waals surface area contributed by atoms with Gasteiger partial charge in [-0.3, -0.25) is 0 Å². The van der Waals surface area contributed by atoms with E-state index in [-0.39, 0.29) is 0 Å². The highest BCUT2D eigenvalue weighted by Gasteiger charge is 2.06. The number of nitrogens with one attached hydrogen (secondary N) is 1. The molecule has 0 aliphatic rings. The zero-order chi connectivity index (χ0) is 11.4. The topological polar surface area (TPSA) is 38.0 Å². The minimum atomic E-state index is 0.375. The van der Waals surface area contributed by atoms with Gasteiger partial charge in [-0.2, -0.15) is 0 Å². The van der Waals surface area contributed by atoms with Crippen LogP contribution in [0.25, 0.3) is 0 Å². The van der Waals surface area contributed by atoms with E-state index in [1.807, 2.05) is 18.2 Å². The van der Waals surface area contributed by atoms with Crippen LogP contribution in [0.2, 0.25) is 0 Å². The van der Waals surface area contributed by atoms with Gasteiger partial charge < -0.3 is 11.1 Å². The van der Waals surface area contributed by atoms with E-state index in [1.54, 1.807) is 11.3 Å². The number of hydrogen-bond acceptors (Lipinski definition) is 3. The van der Waals surface area contributed by atoms with Crippen LogP contribution in [0.3, 0.4) is 0 Å². The van der Waals surface area contributed by atoms with Crippen LogP contribution in [-0.2, 0) is 6.54 Å². The van der Waals surface area contributed by atoms with Crippen molar-refractivity contribution in [1.82, 2.24) is 5.32 Å². The zero-order valence-corrected chi connectivity index (χ0v) is 10.1. The van der Waals surface area contributed by atoms with Gasteiger partial charge in [0, 0.05) is 23.2 Å². The molecule has 0 saturated carbocycles. The highest BCUT2D eigenvalue weighted by atomic mass is 32.1. The minimum absolute atomic E-state index is 0.375. The van der Waals surface area contributed by atoms with Gasteiger partial charge in [-0.1, -0.05) is 24.3 Å². The molecular weight excluding hydrogens is 216 g/mol. The summed E-state index contributed by atoms with van der Waals surface area (Å²) >= 11 is 1.78. The molecule has 0 aliphatic heterocycles. The van der Waals surface area contributed by atoms with Crippen LogP contribution in [0, 0.1) is 0 Å². The number of thiophene rings is 1. The summed E-state index contributed by atoms with van der Waals surface area (Å²) < 4.78 is 0. The first-order chi connectivity index (χ1) is 7.77. The Morgan fingerprint density at radius 2 is 2.06 bits per heavy atom. The number of benzene rings is 1. The normalized spacial score (nSPS) is 12.6. The van der Waals surface area contributed by atoms with Crippen molar-refractivity contribution in [2.24, 2.45) is 0 Å². The van der Waals surface area contributed by atoms with E-state index in [9.17, 15) is 0 Å². The van der Waals surface area contributed by atoms with Gasteiger partial charge in [0.1, 0.15) is 0 Å². The lowest BCUT2D eigenvalue weighted by molar-refractivity contribution is 0.584. The van der Waals surface area contributed by atoms with E-state index in [0.717, 1.165) is 17.8 Å². The fraction of sp³-hybridized carbons (Fsp3) is 0.231. The number of para-hydroxylation sites is 1. The first kappa shape index (κ1) is 11.2. The molecule has 0 spiro atoms. The molecule has 1 aromatic carbocycles. The van der Waals surface area contributed by atoms with Crippen LogP contribution in [0.4, 0.5) is 5.69 Å². The third-order valence-corrected chi connectivity index (χ3v) is 3.68. The molecule has 0 unspecified atom stereocenters. The van der Waals surface area contributed by atoms with E-state index < -0.39 is 0 Å². The van der Waals surface area contributed by atoms with E-state index in [2.05, 4.69) is 35.8 Å². The molecule has 0 aliphatic carbocycles. The average molecular weight is 232 g/mol. The van der Waals surface area contributed by atoms with Crippen LogP contribution >= 0.6 is 11.3 Å². The van der Waals surface area contributed by atoms with Crippen molar-refractivity contribution >= 4 is 17.0 Å². The molecule has 0 bridgehead atoms. The highest BCUT2D eigenvalue weighted by molar-refractivity contribution is 7.10. The Morgan fingerprint density at radius 1 is 1.25 bits per heavy atom. The molecule has 0 fully saturated rings. The van der Waals surface area contributed by atoms with Crippen molar-refractivity contribution in [3.8, 4) is 0 Å². The summed E-state index contributed by atoms with van der Waals surface area (Å²) in [7, 11) is 0. The molecule has 84 valence electrons. The molecule has 0 amide bonds. The Kier molecular flexibility index (Phi) is 3.59. The second kappa shape index (κ2) is 5.14. The van der Waals surface area contributed by atoms with Crippen LogP contribution in [-0.4, -0.2) is 0 Å². The van der Waals surface area contributed by atoms with Crippen molar-refractivity contribution in [3.05, 3.63) is 52.2 Å². The molecule has 16 heavy (non-hydrogen) atoms. The fourth-order valence-corrected chi connectivity index (χ4v) is 2.36. The maximum atomic E-state index is 5.89. The molecule has 0 radical (unpaired) electrons. The molecular formula is C13H16N2S. The van der Waals surface area contributed by atoms with Gasteiger partial charge in [0.25, 0.3) is 0 Å². The third kappa shape index (κ3) is 2.62. The summed E-state index contributed by atoms with van der Waals surface area (Å²) in [5.41, 5.74) is 7.90. The lowest BCUT2D eigenvalue weighted by atomic mass is 10.1. The Hall–Kier alpha value is -1.32. The van der Waals surface area contributed by atoms with E-state index in [0.29, 0.717) is 6.04 Å². The third-order valence-electron chi connectivity index (χ3n) is 2.62. The van der Waals surface area contributed by atoms with Crippen molar-refractivity contribution in [1.29, 1.82) is 0 Å². The molecule has 0 saturated heterocycles. The first-order valence-corrected chi connectivity index (χ1v) is 6.25. The summed E-state index contributed by atoms with van der Waals surface area (Å²) in [6.45, 7) is 2.98. The molecule has 3 heteroatoms. The monoisotopic (exact) mass is 232 g/mol. The number of nitrogen functional groups attached to an aromatic ring is 1. The molecule has 1 heterocycles. The Morgan fingerprint density at radius 3 is 2.75 bits per heavy atom. The maximum absolute atomic E-state index is 5.89. The minimum Gasteiger partial charge on any atom is -0.398 e. The summed E-state index contributed by atoms with van der Waals surface area (Å²) in [6.07, 6.45) is 0. The molecule has 1 atom stereocenters. The zero-order valence-electron chi connectivity index (χ0n) is 9.31. The van der Waals surface area contributed by atoms with Crippen molar-refractivity contribution in [2.75, 3.05) is 5.73 Å². The van der Waals surface area contributed by atoms with Crippen molar-refractivity contribution < 1.29 is 0 Å². The molecule has 2 aromatic rings. The smallest absolute Gasteiger partial charge is 0.0388 e. The quantitative estimate of drug-likeness (QED) is 0.795. The van der Waals surface area contributed by atoms with Crippen LogP contribution in [0.15, 0.2) is 41.8 Å². The van der Waals surface area contributed by atoms with E-state index >= 15 is 0 Å². The fourth-order valence-electron chi connectivity index (χ4n) is 1.60. The average Bonchev–Trinajstić information content (AvgIpc) is 2.81. The number of nitrogens with two attached hydrogens (primary N) is 1. The first-order valence-electron chi connectivity index (χ1n) is 5.37. The molecule has 2 nitrogen and oxygen atoms in total. The Labute approximate surface area is 100 Å². The summed E-state index contributed by atoms with van der Waals surface area (Å²) in [4.78, 5) is 1.36. The van der Waals surface area contributed by atoms with Gasteiger partial charge >= 0.3 is 0 Å². The van der Waals surface area contributed by atoms with Gasteiger partial charge in [0.15, 0.2) is 0 Å². The summed E-state index contributed by atoms with van der Waals surface area (Å²) in [6, 6.07) is 12.6. The Bertz CT molecular complexity index is 437. The molecule has 1 aromatic heterocycles. The van der Waals surface area contributed by atoms with Crippen LogP contribution in [0.5, 0.6) is 0 Å². The van der Waals surface area contributed by atoms with Crippen molar-refractivity contribution in [3.63, 3.8) is 0 Å². The standard InChI is InChI=1S/C13H16N2S/c1-10(13-7-4-8-16-13)15-9-11-5-2-3-6-12(11)14/h2-8,10,15H,9,14H2,1H3/t10-/m0/s1. The van der Waals surface area contributed by atoms with Crippen LogP contribution < -0.4 is 11.1 Å². The second-order valence-corrected chi connectivity index (χ2v) is 4.80. The van der Waals surface area contributed by atoms with Gasteiger partial charge in [-0.05, 0) is 30.0 Å². The van der Waals surface area contributed by atoms with E-state index in [1.165, 1.54) is 4.88 Å². The van der Waals surface area contributed by atoms with Gasteiger partial charge in [-0.25, -0.2) is 0 Å². The second-order valence-electron chi connectivity index (χ2n) is 3.82. The van der Waals surface area contributed by atoms with Gasteiger partial charge in [-0.15, -0.1) is 11.3 Å².